The topological polar surface area (TPSA) is 58.5 Å². The summed E-state index contributed by atoms with van der Waals surface area (Å²) in [6.07, 6.45) is 3.87. The number of H-pyrrole nitrogens is 1. The highest BCUT2D eigenvalue weighted by molar-refractivity contribution is 6.31. The van der Waals surface area contributed by atoms with Gasteiger partial charge in [0.25, 0.3) is 0 Å². The number of fused-ring (bicyclic) bond motifs is 1. The van der Waals surface area contributed by atoms with Gasteiger partial charge in [-0.1, -0.05) is 41.9 Å². The van der Waals surface area contributed by atoms with Crippen LogP contribution in [-0.2, 0) is 13.1 Å². The molecule has 2 N–H and O–H groups in total. The van der Waals surface area contributed by atoms with E-state index in [9.17, 15) is 0 Å². The molecule has 0 radical (unpaired) electrons. The van der Waals surface area contributed by atoms with Crippen LogP contribution in [0.15, 0.2) is 60.9 Å². The maximum absolute atomic E-state index is 6.19. The predicted octanol–water partition coefficient (Wildman–Crippen LogP) is 4.07. The molecule has 0 aliphatic carbocycles. The number of para-hydroxylation sites is 2. The van der Waals surface area contributed by atoms with Crippen LogP contribution in [-0.4, -0.2) is 19.7 Å². The van der Waals surface area contributed by atoms with Gasteiger partial charge in [0.1, 0.15) is 0 Å². The molecule has 2 heterocycles. The van der Waals surface area contributed by atoms with E-state index >= 15 is 0 Å². The molecule has 2 aromatic carbocycles. The molecular weight excluding hydrogens is 322 g/mol. The first-order valence-electron chi connectivity index (χ1n) is 7.71. The molecule has 6 heteroatoms. The fraction of sp³-hybridized carbons (Fsp3) is 0.111. The Morgan fingerprint density at radius 1 is 1.08 bits per heavy atom. The highest BCUT2D eigenvalue weighted by Gasteiger charge is 2.05. The molecule has 0 fully saturated rings. The van der Waals surface area contributed by atoms with Crippen molar-refractivity contribution >= 4 is 28.6 Å². The molecule has 2 aromatic heterocycles. The van der Waals surface area contributed by atoms with E-state index in [0.29, 0.717) is 13.1 Å². The second kappa shape index (κ2) is 6.37. The van der Waals surface area contributed by atoms with Crippen molar-refractivity contribution in [1.29, 1.82) is 0 Å². The van der Waals surface area contributed by atoms with E-state index in [1.807, 2.05) is 65.6 Å². The Balaban J connectivity index is 1.42. The molecule has 0 atom stereocenters. The van der Waals surface area contributed by atoms with Gasteiger partial charge in [-0.05, 0) is 23.8 Å². The SMILES string of the molecule is Clc1ccccc1Cn1cc(CNc2nc3ccccc3[nH]2)cn1. The summed E-state index contributed by atoms with van der Waals surface area (Å²) >= 11 is 6.19. The van der Waals surface area contributed by atoms with Crippen molar-refractivity contribution in [3.05, 3.63) is 77.1 Å². The van der Waals surface area contributed by atoms with Gasteiger partial charge in [0.15, 0.2) is 0 Å². The third-order valence-corrected chi connectivity index (χ3v) is 4.19. The molecule has 24 heavy (non-hydrogen) atoms. The van der Waals surface area contributed by atoms with Crippen LogP contribution in [0.2, 0.25) is 5.02 Å². The molecule has 0 saturated heterocycles. The summed E-state index contributed by atoms with van der Waals surface area (Å²) in [5.74, 6) is 0.759. The zero-order valence-electron chi connectivity index (χ0n) is 12.9. The van der Waals surface area contributed by atoms with Crippen molar-refractivity contribution in [3.63, 3.8) is 0 Å². The van der Waals surface area contributed by atoms with E-state index in [-0.39, 0.29) is 0 Å². The second-order valence-electron chi connectivity index (χ2n) is 5.59. The van der Waals surface area contributed by atoms with E-state index in [1.54, 1.807) is 0 Å². The van der Waals surface area contributed by atoms with Gasteiger partial charge >= 0.3 is 0 Å². The normalized spacial score (nSPS) is 11.0. The number of hydrogen-bond donors (Lipinski definition) is 2. The molecule has 0 amide bonds. The number of aromatic amines is 1. The molecule has 0 aliphatic heterocycles. The van der Waals surface area contributed by atoms with Gasteiger partial charge in [-0.3, -0.25) is 4.68 Å². The average molecular weight is 338 g/mol. The Morgan fingerprint density at radius 3 is 2.79 bits per heavy atom. The van der Waals surface area contributed by atoms with Crippen LogP contribution in [0, 0.1) is 0 Å². The smallest absolute Gasteiger partial charge is 0.201 e. The number of aromatic nitrogens is 4. The Kier molecular flexibility index (Phi) is 3.92. The largest absolute Gasteiger partial charge is 0.352 e. The van der Waals surface area contributed by atoms with Gasteiger partial charge < -0.3 is 10.3 Å². The zero-order valence-corrected chi connectivity index (χ0v) is 13.7. The number of imidazole rings is 1. The lowest BCUT2D eigenvalue weighted by atomic mass is 10.2. The number of halogens is 1. The number of rotatable bonds is 5. The molecule has 0 saturated carbocycles. The summed E-state index contributed by atoms with van der Waals surface area (Å²) in [6, 6.07) is 15.8. The highest BCUT2D eigenvalue weighted by atomic mass is 35.5. The third-order valence-electron chi connectivity index (χ3n) is 3.83. The van der Waals surface area contributed by atoms with Gasteiger partial charge in [-0.25, -0.2) is 4.98 Å². The van der Waals surface area contributed by atoms with Gasteiger partial charge in [0, 0.05) is 23.3 Å². The second-order valence-corrected chi connectivity index (χ2v) is 6.00. The summed E-state index contributed by atoms with van der Waals surface area (Å²) in [6.45, 7) is 1.31. The van der Waals surface area contributed by atoms with Crippen molar-refractivity contribution in [3.8, 4) is 0 Å². The summed E-state index contributed by atoms with van der Waals surface area (Å²) in [4.78, 5) is 7.76. The third kappa shape index (κ3) is 3.12. The lowest BCUT2D eigenvalue weighted by molar-refractivity contribution is 0.686. The van der Waals surface area contributed by atoms with Crippen molar-refractivity contribution in [2.24, 2.45) is 0 Å². The van der Waals surface area contributed by atoms with Crippen molar-refractivity contribution in [2.75, 3.05) is 5.32 Å². The fourth-order valence-corrected chi connectivity index (χ4v) is 2.80. The first kappa shape index (κ1) is 14.8. The van der Waals surface area contributed by atoms with Crippen LogP contribution in [0.5, 0.6) is 0 Å². The maximum Gasteiger partial charge on any atom is 0.201 e. The van der Waals surface area contributed by atoms with Crippen LogP contribution in [0.4, 0.5) is 5.95 Å². The van der Waals surface area contributed by atoms with Crippen LogP contribution in [0.1, 0.15) is 11.1 Å². The van der Waals surface area contributed by atoms with Crippen LogP contribution in [0.25, 0.3) is 11.0 Å². The summed E-state index contributed by atoms with van der Waals surface area (Å²) in [7, 11) is 0. The van der Waals surface area contributed by atoms with Crippen molar-refractivity contribution in [1.82, 2.24) is 19.7 Å². The monoisotopic (exact) mass is 337 g/mol. The summed E-state index contributed by atoms with van der Waals surface area (Å²) in [5.41, 5.74) is 4.12. The quantitative estimate of drug-likeness (QED) is 0.577. The van der Waals surface area contributed by atoms with Gasteiger partial charge in [0.2, 0.25) is 5.95 Å². The summed E-state index contributed by atoms with van der Waals surface area (Å²) < 4.78 is 1.89. The van der Waals surface area contributed by atoms with Crippen LogP contribution < -0.4 is 5.32 Å². The minimum absolute atomic E-state index is 0.655. The van der Waals surface area contributed by atoms with E-state index in [0.717, 1.165) is 33.1 Å². The lowest BCUT2D eigenvalue weighted by Gasteiger charge is -2.04. The van der Waals surface area contributed by atoms with Crippen molar-refractivity contribution < 1.29 is 0 Å². The van der Waals surface area contributed by atoms with Crippen LogP contribution in [0.3, 0.4) is 0 Å². The maximum atomic E-state index is 6.19. The van der Waals surface area contributed by atoms with E-state index < -0.39 is 0 Å². The standard InChI is InChI=1S/C18H16ClN5/c19-15-6-2-1-5-14(15)12-24-11-13(10-21-24)9-20-18-22-16-7-3-4-8-17(16)23-18/h1-8,10-11H,9,12H2,(H2,20,22,23). The number of hydrogen-bond acceptors (Lipinski definition) is 3. The summed E-state index contributed by atoms with van der Waals surface area (Å²) in [5, 5.41) is 8.45. The Hall–Kier alpha value is -2.79. The lowest BCUT2D eigenvalue weighted by Crippen LogP contribution is -2.01. The predicted molar refractivity (Wildman–Crippen MR) is 96.2 cm³/mol. The van der Waals surface area contributed by atoms with Crippen LogP contribution >= 0.6 is 11.6 Å². The average Bonchev–Trinajstić information content (AvgIpc) is 3.21. The molecular formula is C18H16ClN5. The van der Waals surface area contributed by atoms with Gasteiger partial charge in [0.05, 0.1) is 23.8 Å². The number of nitrogens with zero attached hydrogens (tertiary/aromatic N) is 3. The zero-order chi connectivity index (χ0) is 16.4. The molecule has 0 unspecified atom stereocenters. The van der Waals surface area contributed by atoms with E-state index in [2.05, 4.69) is 20.4 Å². The Morgan fingerprint density at radius 2 is 1.92 bits per heavy atom. The number of nitrogens with one attached hydrogen (secondary N) is 2. The fourth-order valence-electron chi connectivity index (χ4n) is 2.61. The van der Waals surface area contributed by atoms with Gasteiger partial charge in [-0.15, -0.1) is 0 Å². The molecule has 4 rings (SSSR count). The first-order chi connectivity index (χ1) is 11.8. The molecule has 0 aliphatic rings. The molecule has 120 valence electrons. The Labute approximate surface area is 144 Å². The van der Waals surface area contributed by atoms with Gasteiger partial charge in [-0.2, -0.15) is 5.10 Å². The van der Waals surface area contributed by atoms with E-state index in [4.69, 9.17) is 11.6 Å². The molecule has 0 spiro atoms. The number of anilines is 1. The number of benzene rings is 2. The van der Waals surface area contributed by atoms with Crippen molar-refractivity contribution in [2.45, 2.75) is 13.1 Å². The first-order valence-corrected chi connectivity index (χ1v) is 8.09. The molecule has 0 bridgehead atoms. The van der Waals surface area contributed by atoms with E-state index in [1.165, 1.54) is 0 Å². The Bertz CT molecular complexity index is 939. The highest BCUT2D eigenvalue weighted by Crippen LogP contribution is 2.17. The minimum atomic E-state index is 0.655. The molecule has 4 aromatic rings. The minimum Gasteiger partial charge on any atom is -0.352 e. The molecule has 5 nitrogen and oxygen atoms in total.